The molecular weight excluding hydrogens is 181 g/mol. The average Bonchev–Trinajstić information content (AvgIpc) is 2.18. The molecule has 0 aliphatic carbocycles. The van der Waals surface area contributed by atoms with Gasteiger partial charge >= 0.3 is 0 Å². The molecule has 2 nitrogen and oxygen atoms in total. The Hall–Kier alpha value is -0.620. The molecule has 0 fully saturated rings. The van der Waals surface area contributed by atoms with Crippen LogP contribution in [0.2, 0.25) is 0 Å². The molecule has 1 rings (SSSR count). The Morgan fingerprint density at radius 3 is 2.31 bits per heavy atom. The third-order valence-electron chi connectivity index (χ3n) is 2.33. The zero-order valence-electron chi connectivity index (χ0n) is 8.45. The smallest absolute Gasteiger partial charge is 0.132 e. The van der Waals surface area contributed by atoms with Gasteiger partial charge in [-0.1, -0.05) is 19.9 Å². The first-order valence-corrected chi connectivity index (χ1v) is 6.71. The molecule has 72 valence electrons. The molecule has 1 aromatic rings. The summed E-state index contributed by atoms with van der Waals surface area (Å²) in [5.74, 6) is 0. The van der Waals surface area contributed by atoms with Gasteiger partial charge in [0, 0.05) is 18.5 Å². The number of rotatable bonds is 3. The predicted molar refractivity (Wildman–Crippen MR) is 57.3 cm³/mol. The van der Waals surface area contributed by atoms with E-state index in [1.54, 1.807) is 6.20 Å². The first kappa shape index (κ1) is 10.5. The van der Waals surface area contributed by atoms with Gasteiger partial charge in [-0.25, -0.2) is 0 Å². The number of nitrogens with zero attached hydrogens (tertiary/aromatic N) is 1. The molecule has 1 heterocycles. The zero-order chi connectivity index (χ0) is 9.90. The molecule has 1 aromatic heterocycles. The van der Waals surface area contributed by atoms with Crippen LogP contribution in [0.5, 0.6) is 0 Å². The highest BCUT2D eigenvalue weighted by atomic mass is 31.2. The zero-order valence-corrected chi connectivity index (χ0v) is 9.34. The molecule has 0 saturated carbocycles. The molecule has 0 saturated heterocycles. The average molecular weight is 197 g/mol. The molecule has 0 spiro atoms. The molecule has 0 aliphatic heterocycles. The number of hydrogen-bond donors (Lipinski definition) is 0. The lowest BCUT2D eigenvalue weighted by Crippen LogP contribution is -2.12. The second-order valence-corrected chi connectivity index (χ2v) is 6.72. The molecule has 0 radical (unpaired) electrons. The van der Waals surface area contributed by atoms with Crippen molar-refractivity contribution in [2.45, 2.75) is 20.8 Å². The fourth-order valence-electron chi connectivity index (χ4n) is 1.25. The maximum atomic E-state index is 12.2. The van der Waals surface area contributed by atoms with Gasteiger partial charge in [0.1, 0.15) is 7.14 Å². The van der Waals surface area contributed by atoms with Crippen LogP contribution in [0.15, 0.2) is 18.3 Å². The Bertz CT molecular complexity index is 310. The van der Waals surface area contributed by atoms with Crippen LogP contribution in [0.4, 0.5) is 0 Å². The van der Waals surface area contributed by atoms with Crippen molar-refractivity contribution in [3.8, 4) is 0 Å². The van der Waals surface area contributed by atoms with Crippen LogP contribution < -0.4 is 5.44 Å². The van der Waals surface area contributed by atoms with E-state index in [9.17, 15) is 4.57 Å². The largest absolute Gasteiger partial charge is 0.317 e. The van der Waals surface area contributed by atoms with E-state index in [-0.39, 0.29) is 0 Å². The number of pyridine rings is 1. The van der Waals surface area contributed by atoms with Gasteiger partial charge in [0.05, 0.1) is 5.44 Å². The monoisotopic (exact) mass is 197 g/mol. The maximum Gasteiger partial charge on any atom is 0.132 e. The fraction of sp³-hybridized carbons (Fsp3) is 0.500. The molecule has 0 amide bonds. The highest BCUT2D eigenvalue weighted by molar-refractivity contribution is 7.71. The Kier molecular flexibility index (Phi) is 3.27. The number of aromatic nitrogens is 1. The standard InChI is InChI=1S/C10H16NOP/c1-4-13(12,5-2)10-7-6-9(3)8-11-10/h6-8H,4-5H2,1-3H3. The minimum Gasteiger partial charge on any atom is -0.317 e. The molecule has 0 bridgehead atoms. The minimum atomic E-state index is -2.16. The van der Waals surface area contributed by atoms with Crippen LogP contribution in [-0.2, 0) is 4.57 Å². The second kappa shape index (κ2) is 4.06. The van der Waals surface area contributed by atoms with E-state index >= 15 is 0 Å². The Labute approximate surface area is 79.8 Å². The summed E-state index contributed by atoms with van der Waals surface area (Å²) in [4.78, 5) is 4.23. The fourth-order valence-corrected chi connectivity index (χ4v) is 2.96. The van der Waals surface area contributed by atoms with Gasteiger partial charge in [0.15, 0.2) is 0 Å². The molecule has 0 aliphatic rings. The molecule has 0 aromatic carbocycles. The quantitative estimate of drug-likeness (QED) is 0.696. The van der Waals surface area contributed by atoms with Crippen molar-refractivity contribution in [1.82, 2.24) is 4.98 Å². The summed E-state index contributed by atoms with van der Waals surface area (Å²) in [6, 6.07) is 3.86. The van der Waals surface area contributed by atoms with E-state index < -0.39 is 7.14 Å². The predicted octanol–water partition coefficient (Wildman–Crippen LogP) is 2.42. The van der Waals surface area contributed by atoms with Crippen molar-refractivity contribution in [3.63, 3.8) is 0 Å². The van der Waals surface area contributed by atoms with E-state index in [0.717, 1.165) is 11.0 Å². The summed E-state index contributed by atoms with van der Waals surface area (Å²) < 4.78 is 12.2. The summed E-state index contributed by atoms with van der Waals surface area (Å²) in [5.41, 5.74) is 1.89. The van der Waals surface area contributed by atoms with Crippen molar-refractivity contribution in [2.75, 3.05) is 12.3 Å². The van der Waals surface area contributed by atoms with Gasteiger partial charge in [-0.15, -0.1) is 0 Å². The van der Waals surface area contributed by atoms with Crippen molar-refractivity contribution in [1.29, 1.82) is 0 Å². The molecule has 0 N–H and O–H groups in total. The summed E-state index contributed by atoms with van der Waals surface area (Å²) in [6.07, 6.45) is 3.20. The maximum absolute atomic E-state index is 12.2. The number of aryl methyl sites for hydroxylation is 1. The van der Waals surface area contributed by atoms with Crippen molar-refractivity contribution in [2.24, 2.45) is 0 Å². The first-order chi connectivity index (χ1) is 6.12. The topological polar surface area (TPSA) is 30.0 Å². The van der Waals surface area contributed by atoms with Gasteiger partial charge in [0.2, 0.25) is 0 Å². The van der Waals surface area contributed by atoms with Gasteiger partial charge in [-0.2, -0.15) is 0 Å². The van der Waals surface area contributed by atoms with Crippen LogP contribution in [0.3, 0.4) is 0 Å². The lowest BCUT2D eigenvalue weighted by Gasteiger charge is -2.12. The van der Waals surface area contributed by atoms with E-state index in [2.05, 4.69) is 4.98 Å². The number of hydrogen-bond acceptors (Lipinski definition) is 2. The molecule has 0 atom stereocenters. The van der Waals surface area contributed by atoms with Crippen LogP contribution in [0.25, 0.3) is 0 Å². The van der Waals surface area contributed by atoms with Crippen LogP contribution >= 0.6 is 7.14 Å². The lowest BCUT2D eigenvalue weighted by atomic mass is 10.3. The SMILES string of the molecule is CCP(=O)(CC)c1ccc(C)cn1. The van der Waals surface area contributed by atoms with E-state index in [1.807, 2.05) is 32.9 Å². The second-order valence-electron chi connectivity index (χ2n) is 3.22. The van der Waals surface area contributed by atoms with E-state index in [4.69, 9.17) is 0 Å². The molecule has 0 unspecified atom stereocenters. The minimum absolute atomic E-state index is 0.708. The van der Waals surface area contributed by atoms with Gasteiger partial charge in [-0.3, -0.25) is 4.98 Å². The third kappa shape index (κ3) is 2.19. The summed E-state index contributed by atoms with van der Waals surface area (Å²) >= 11 is 0. The van der Waals surface area contributed by atoms with Crippen molar-refractivity contribution in [3.05, 3.63) is 23.9 Å². The Balaban J connectivity index is 3.07. The third-order valence-corrected chi connectivity index (χ3v) is 5.48. The Morgan fingerprint density at radius 2 is 1.92 bits per heavy atom. The van der Waals surface area contributed by atoms with Crippen molar-refractivity contribution < 1.29 is 4.57 Å². The molecule has 13 heavy (non-hydrogen) atoms. The Morgan fingerprint density at radius 1 is 1.31 bits per heavy atom. The van der Waals surface area contributed by atoms with E-state index in [0.29, 0.717) is 12.3 Å². The molecular formula is C10H16NOP. The van der Waals surface area contributed by atoms with E-state index in [1.165, 1.54) is 0 Å². The summed E-state index contributed by atoms with van der Waals surface area (Å²) in [6.45, 7) is 5.91. The molecule has 3 heteroatoms. The van der Waals surface area contributed by atoms with Crippen LogP contribution in [-0.4, -0.2) is 17.3 Å². The van der Waals surface area contributed by atoms with Crippen LogP contribution in [0, 0.1) is 6.92 Å². The lowest BCUT2D eigenvalue weighted by molar-refractivity contribution is 0.582. The highest BCUT2D eigenvalue weighted by Gasteiger charge is 2.20. The highest BCUT2D eigenvalue weighted by Crippen LogP contribution is 2.42. The first-order valence-electron chi connectivity index (χ1n) is 4.63. The van der Waals surface area contributed by atoms with Crippen LogP contribution in [0.1, 0.15) is 19.4 Å². The van der Waals surface area contributed by atoms with Crippen molar-refractivity contribution >= 4 is 12.6 Å². The van der Waals surface area contributed by atoms with Gasteiger partial charge < -0.3 is 4.57 Å². The summed E-state index contributed by atoms with van der Waals surface area (Å²) in [7, 11) is -2.16. The normalized spacial score (nSPS) is 11.6. The van der Waals surface area contributed by atoms with Gasteiger partial charge in [0.25, 0.3) is 0 Å². The summed E-state index contributed by atoms with van der Waals surface area (Å²) in [5, 5.41) is 0. The van der Waals surface area contributed by atoms with Gasteiger partial charge in [-0.05, 0) is 18.6 Å².